The molecule has 4 fully saturated rings. The maximum absolute atomic E-state index is 13.4. The summed E-state index contributed by atoms with van der Waals surface area (Å²) in [6.07, 6.45) is 8.13. The molecule has 0 amide bonds. The molecule has 5 aliphatic rings. The van der Waals surface area contributed by atoms with E-state index in [-0.39, 0.29) is 10.8 Å². The Morgan fingerprint density at radius 2 is 1.93 bits per heavy atom. The van der Waals surface area contributed by atoms with Crippen LogP contribution in [0.25, 0.3) is 0 Å². The van der Waals surface area contributed by atoms with Crippen molar-refractivity contribution in [2.24, 2.45) is 22.7 Å². The molecule has 4 nitrogen and oxygen atoms in total. The molecule has 0 radical (unpaired) electrons. The average Bonchev–Trinajstić information content (AvgIpc) is 3.28. The Balaban J connectivity index is 1.42. The lowest BCUT2D eigenvalue weighted by atomic mass is 9.42. The number of ketones is 1. The standard InChI is InChI=1S/C25H32O4/c1-23-8-7-20-19-5-4-18(27-2)13-16(19)3-6-21(20)25(23)10-9-24(28-11-12-29-24)15-17(25)14-22(23)26/h4-5,13,17,20-21H,3,6-12,14-15H2,1-2H3/t17-,20-,21-,23-,25-/m1/s1. The van der Waals surface area contributed by atoms with Gasteiger partial charge in [-0.05, 0) is 78.5 Å². The Morgan fingerprint density at radius 1 is 1.10 bits per heavy atom. The van der Waals surface area contributed by atoms with Crippen LogP contribution in [0.3, 0.4) is 0 Å². The van der Waals surface area contributed by atoms with E-state index in [0.29, 0.717) is 36.8 Å². The van der Waals surface area contributed by atoms with Crippen molar-refractivity contribution in [2.75, 3.05) is 20.3 Å². The van der Waals surface area contributed by atoms with Crippen LogP contribution in [0.15, 0.2) is 18.2 Å². The predicted octanol–water partition coefficient (Wildman–Crippen LogP) is 4.64. The van der Waals surface area contributed by atoms with Gasteiger partial charge in [0.15, 0.2) is 5.79 Å². The highest BCUT2D eigenvalue weighted by Crippen LogP contribution is 2.73. The van der Waals surface area contributed by atoms with Crippen molar-refractivity contribution >= 4 is 5.78 Å². The number of benzene rings is 1. The molecule has 1 aromatic rings. The summed E-state index contributed by atoms with van der Waals surface area (Å²) in [7, 11) is 1.75. The third kappa shape index (κ3) is 2.25. The Labute approximate surface area is 173 Å². The van der Waals surface area contributed by atoms with Crippen LogP contribution in [0.4, 0.5) is 0 Å². The average molecular weight is 397 g/mol. The highest BCUT2D eigenvalue weighted by molar-refractivity contribution is 5.89. The lowest BCUT2D eigenvalue weighted by Gasteiger charge is -2.62. The van der Waals surface area contributed by atoms with Gasteiger partial charge in [0.2, 0.25) is 0 Å². The van der Waals surface area contributed by atoms with Gasteiger partial charge in [-0.25, -0.2) is 0 Å². The monoisotopic (exact) mass is 396 g/mol. The first-order valence-electron chi connectivity index (χ1n) is 11.5. The summed E-state index contributed by atoms with van der Waals surface area (Å²) in [6, 6.07) is 6.67. The van der Waals surface area contributed by atoms with E-state index in [1.807, 2.05) is 0 Å². The van der Waals surface area contributed by atoms with Crippen LogP contribution < -0.4 is 4.74 Å². The van der Waals surface area contributed by atoms with Crippen molar-refractivity contribution in [2.45, 2.75) is 70.0 Å². The molecule has 0 aromatic heterocycles. The molecule has 1 heterocycles. The van der Waals surface area contributed by atoms with E-state index < -0.39 is 5.79 Å². The van der Waals surface area contributed by atoms with Crippen LogP contribution in [-0.4, -0.2) is 31.9 Å². The van der Waals surface area contributed by atoms with Crippen LogP contribution in [0.2, 0.25) is 0 Å². The fraction of sp³-hybridized carbons (Fsp3) is 0.720. The number of ether oxygens (including phenoxy) is 3. The molecule has 6 rings (SSSR count). The van der Waals surface area contributed by atoms with Crippen molar-refractivity contribution in [3.63, 3.8) is 0 Å². The second-order valence-electron chi connectivity index (χ2n) is 10.4. The number of hydrogen-bond donors (Lipinski definition) is 0. The number of hydrogen-bond acceptors (Lipinski definition) is 4. The molecule has 156 valence electrons. The number of rotatable bonds is 1. The topological polar surface area (TPSA) is 44.8 Å². The predicted molar refractivity (Wildman–Crippen MR) is 109 cm³/mol. The van der Waals surface area contributed by atoms with E-state index in [0.717, 1.165) is 50.7 Å². The first-order valence-corrected chi connectivity index (χ1v) is 11.5. The zero-order chi connectivity index (χ0) is 19.9. The van der Waals surface area contributed by atoms with E-state index in [9.17, 15) is 4.79 Å². The number of methoxy groups -OCH3 is 1. The van der Waals surface area contributed by atoms with Gasteiger partial charge in [-0.15, -0.1) is 0 Å². The number of carbonyl (C=O) groups is 1. The molecular formula is C25H32O4. The molecule has 1 aliphatic heterocycles. The largest absolute Gasteiger partial charge is 0.497 e. The smallest absolute Gasteiger partial charge is 0.168 e. The third-order valence-corrected chi connectivity index (χ3v) is 9.67. The molecule has 5 atom stereocenters. The molecule has 1 saturated heterocycles. The maximum atomic E-state index is 13.4. The molecular weight excluding hydrogens is 364 g/mol. The van der Waals surface area contributed by atoms with Gasteiger partial charge >= 0.3 is 0 Å². The van der Waals surface area contributed by atoms with Crippen molar-refractivity contribution in [1.29, 1.82) is 0 Å². The van der Waals surface area contributed by atoms with Gasteiger partial charge in [0.1, 0.15) is 11.5 Å². The fourth-order valence-corrected chi connectivity index (χ4v) is 8.41. The molecule has 0 unspecified atom stereocenters. The van der Waals surface area contributed by atoms with E-state index in [2.05, 4.69) is 25.1 Å². The summed E-state index contributed by atoms with van der Waals surface area (Å²) >= 11 is 0. The van der Waals surface area contributed by atoms with Gasteiger partial charge in [-0.3, -0.25) is 4.79 Å². The summed E-state index contributed by atoms with van der Waals surface area (Å²) in [6.45, 7) is 3.71. The lowest BCUT2D eigenvalue weighted by molar-refractivity contribution is -0.229. The minimum absolute atomic E-state index is 0.116. The molecule has 1 aromatic carbocycles. The summed E-state index contributed by atoms with van der Waals surface area (Å²) in [5.74, 6) is 2.64. The Morgan fingerprint density at radius 3 is 2.72 bits per heavy atom. The molecule has 0 bridgehead atoms. The molecule has 29 heavy (non-hydrogen) atoms. The molecule has 4 aliphatic carbocycles. The van der Waals surface area contributed by atoms with Gasteiger partial charge in [0.05, 0.1) is 20.3 Å². The molecule has 3 saturated carbocycles. The van der Waals surface area contributed by atoms with E-state index in [1.165, 1.54) is 17.5 Å². The van der Waals surface area contributed by atoms with Crippen LogP contribution >= 0.6 is 0 Å². The Bertz CT molecular complexity index is 856. The quantitative estimate of drug-likeness (QED) is 0.693. The summed E-state index contributed by atoms with van der Waals surface area (Å²) in [5.41, 5.74) is 2.93. The molecule has 2 spiro atoms. The fourth-order valence-electron chi connectivity index (χ4n) is 8.41. The second kappa shape index (κ2) is 6.07. The zero-order valence-electron chi connectivity index (χ0n) is 17.7. The van der Waals surface area contributed by atoms with E-state index >= 15 is 0 Å². The number of carbonyl (C=O) groups excluding carboxylic acids is 1. The number of Topliss-reactive ketones (excluding diaryl/α,β-unsaturated/α-hetero) is 1. The lowest BCUT2D eigenvalue weighted by Crippen LogP contribution is -2.58. The zero-order valence-corrected chi connectivity index (χ0v) is 17.7. The van der Waals surface area contributed by atoms with Gasteiger partial charge in [0.25, 0.3) is 0 Å². The second-order valence-corrected chi connectivity index (χ2v) is 10.4. The highest BCUT2D eigenvalue weighted by atomic mass is 16.7. The minimum atomic E-state index is -0.408. The normalized spacial score (nSPS) is 42.1. The minimum Gasteiger partial charge on any atom is -0.497 e. The first-order chi connectivity index (χ1) is 14.0. The number of aryl methyl sites for hydroxylation is 1. The third-order valence-electron chi connectivity index (χ3n) is 9.67. The van der Waals surface area contributed by atoms with E-state index in [4.69, 9.17) is 14.2 Å². The molecule has 0 N–H and O–H groups in total. The van der Waals surface area contributed by atoms with Crippen molar-refractivity contribution in [1.82, 2.24) is 0 Å². The van der Waals surface area contributed by atoms with Gasteiger partial charge in [0, 0.05) is 24.7 Å². The van der Waals surface area contributed by atoms with Crippen LogP contribution in [0.1, 0.15) is 68.9 Å². The Kier molecular flexibility index (Phi) is 3.85. The van der Waals surface area contributed by atoms with Crippen molar-refractivity contribution in [3.8, 4) is 5.75 Å². The SMILES string of the molecule is COc1ccc2c(c1)CC[C@@H]1[C@@H]2CC[C@]2(C)C(=O)C[C@@H]3CC4(CC[C@@]312)OCCO4. The number of fused-ring (bicyclic) bond motifs is 3. The summed E-state index contributed by atoms with van der Waals surface area (Å²) < 4.78 is 17.7. The van der Waals surface area contributed by atoms with Crippen molar-refractivity contribution in [3.05, 3.63) is 29.3 Å². The Hall–Kier alpha value is -1.39. The van der Waals surface area contributed by atoms with Crippen LogP contribution in [-0.2, 0) is 20.7 Å². The van der Waals surface area contributed by atoms with E-state index in [1.54, 1.807) is 7.11 Å². The summed E-state index contributed by atoms with van der Waals surface area (Å²) in [4.78, 5) is 13.4. The van der Waals surface area contributed by atoms with Gasteiger partial charge in [-0.2, -0.15) is 0 Å². The molecule has 4 heteroatoms. The maximum Gasteiger partial charge on any atom is 0.168 e. The van der Waals surface area contributed by atoms with Crippen molar-refractivity contribution < 1.29 is 19.0 Å². The first kappa shape index (κ1) is 18.4. The van der Waals surface area contributed by atoms with Crippen LogP contribution in [0, 0.1) is 22.7 Å². The van der Waals surface area contributed by atoms with Gasteiger partial charge < -0.3 is 14.2 Å². The van der Waals surface area contributed by atoms with Gasteiger partial charge in [-0.1, -0.05) is 13.0 Å². The summed E-state index contributed by atoms with van der Waals surface area (Å²) in [5, 5.41) is 0. The highest BCUT2D eigenvalue weighted by Gasteiger charge is 2.71. The van der Waals surface area contributed by atoms with Crippen LogP contribution in [0.5, 0.6) is 5.75 Å².